The van der Waals surface area contributed by atoms with E-state index >= 15 is 0 Å². The Morgan fingerprint density at radius 3 is 2.79 bits per heavy atom. The third-order valence-corrected chi connectivity index (χ3v) is 3.72. The van der Waals surface area contributed by atoms with Crippen LogP contribution in [0.3, 0.4) is 0 Å². The van der Waals surface area contributed by atoms with Crippen LogP contribution in [-0.4, -0.2) is 8.76 Å². The van der Waals surface area contributed by atoms with Gasteiger partial charge >= 0.3 is 0 Å². The predicted molar refractivity (Wildman–Crippen MR) is 60.6 cm³/mol. The van der Waals surface area contributed by atoms with E-state index in [0.29, 0.717) is 5.92 Å². The Morgan fingerprint density at radius 1 is 1.50 bits per heavy atom. The molecule has 2 nitrogen and oxygen atoms in total. The molecule has 0 bridgehead atoms. The SMILES string of the molecule is O=S(O)Cc1c(Br)cccc1C1CC1. The molecule has 1 saturated carbocycles. The lowest BCUT2D eigenvalue weighted by molar-refractivity contribution is 0.563. The van der Waals surface area contributed by atoms with Crippen LogP contribution in [0.15, 0.2) is 22.7 Å². The van der Waals surface area contributed by atoms with Crippen molar-refractivity contribution < 1.29 is 8.76 Å². The number of hydrogen-bond acceptors (Lipinski definition) is 1. The van der Waals surface area contributed by atoms with Gasteiger partial charge in [0.25, 0.3) is 0 Å². The van der Waals surface area contributed by atoms with Crippen molar-refractivity contribution in [3.8, 4) is 0 Å². The Hall–Kier alpha value is -0.190. The van der Waals surface area contributed by atoms with Crippen LogP contribution in [0.2, 0.25) is 0 Å². The highest BCUT2D eigenvalue weighted by atomic mass is 79.9. The molecule has 1 aromatic carbocycles. The Morgan fingerprint density at radius 2 is 2.21 bits per heavy atom. The number of hydrogen-bond donors (Lipinski definition) is 1. The summed E-state index contributed by atoms with van der Waals surface area (Å²) in [6.07, 6.45) is 2.42. The normalized spacial score (nSPS) is 18.1. The molecule has 0 radical (unpaired) electrons. The number of halogens is 1. The van der Waals surface area contributed by atoms with Crippen LogP contribution in [0.5, 0.6) is 0 Å². The molecule has 1 aromatic rings. The number of benzene rings is 1. The van der Waals surface area contributed by atoms with Crippen LogP contribution < -0.4 is 0 Å². The van der Waals surface area contributed by atoms with Crippen LogP contribution in [0, 0.1) is 0 Å². The van der Waals surface area contributed by atoms with Gasteiger partial charge in [0.05, 0.1) is 5.75 Å². The summed E-state index contributed by atoms with van der Waals surface area (Å²) in [5.74, 6) is 0.846. The molecule has 0 aliphatic heterocycles. The summed E-state index contributed by atoms with van der Waals surface area (Å²) < 4.78 is 20.7. The zero-order valence-corrected chi connectivity index (χ0v) is 9.97. The Kier molecular flexibility index (Phi) is 3.04. The number of rotatable bonds is 3. The summed E-state index contributed by atoms with van der Waals surface area (Å²) in [5, 5.41) is 0. The topological polar surface area (TPSA) is 37.3 Å². The molecule has 1 atom stereocenters. The monoisotopic (exact) mass is 274 g/mol. The fraction of sp³-hybridized carbons (Fsp3) is 0.400. The first kappa shape index (κ1) is 10.3. The maximum absolute atomic E-state index is 10.8. The smallest absolute Gasteiger partial charge is 0.157 e. The van der Waals surface area contributed by atoms with Gasteiger partial charge in [-0.1, -0.05) is 28.1 Å². The maximum Gasteiger partial charge on any atom is 0.157 e. The molecule has 1 aliphatic rings. The molecule has 1 fully saturated rings. The standard InChI is InChI=1S/C10H11BrO2S/c11-10-3-1-2-8(7-4-5-7)9(10)6-14(12)13/h1-3,7H,4-6H2,(H,12,13). The lowest BCUT2D eigenvalue weighted by Gasteiger charge is -2.08. The fourth-order valence-electron chi connectivity index (χ4n) is 1.63. The highest BCUT2D eigenvalue weighted by Gasteiger charge is 2.26. The van der Waals surface area contributed by atoms with Gasteiger partial charge in [0, 0.05) is 4.47 Å². The van der Waals surface area contributed by atoms with E-state index in [4.69, 9.17) is 4.55 Å². The molecule has 0 amide bonds. The second kappa shape index (κ2) is 4.13. The van der Waals surface area contributed by atoms with Gasteiger partial charge in [-0.05, 0) is 36.0 Å². The molecule has 1 aliphatic carbocycles. The molecule has 1 unspecified atom stereocenters. The molecule has 0 aromatic heterocycles. The van der Waals surface area contributed by atoms with E-state index in [1.54, 1.807) is 0 Å². The third-order valence-electron chi connectivity index (χ3n) is 2.44. The van der Waals surface area contributed by atoms with E-state index in [0.717, 1.165) is 10.0 Å². The molecule has 14 heavy (non-hydrogen) atoms. The molecule has 76 valence electrons. The summed E-state index contributed by atoms with van der Waals surface area (Å²) in [6.45, 7) is 0. The average molecular weight is 275 g/mol. The van der Waals surface area contributed by atoms with Crippen molar-refractivity contribution in [2.45, 2.75) is 24.5 Å². The van der Waals surface area contributed by atoms with Crippen molar-refractivity contribution in [2.24, 2.45) is 0 Å². The van der Waals surface area contributed by atoms with E-state index in [9.17, 15) is 4.21 Å². The summed E-state index contributed by atoms with van der Waals surface area (Å²) in [5.41, 5.74) is 2.23. The summed E-state index contributed by atoms with van der Waals surface area (Å²) in [6, 6.07) is 5.97. The zero-order valence-electron chi connectivity index (χ0n) is 7.57. The minimum absolute atomic E-state index is 0.229. The van der Waals surface area contributed by atoms with Gasteiger partial charge in [-0.2, -0.15) is 0 Å². The van der Waals surface area contributed by atoms with E-state index in [2.05, 4.69) is 22.0 Å². The van der Waals surface area contributed by atoms with Crippen LogP contribution >= 0.6 is 15.9 Å². The minimum Gasteiger partial charge on any atom is -0.306 e. The van der Waals surface area contributed by atoms with E-state index < -0.39 is 11.1 Å². The van der Waals surface area contributed by atoms with Crippen LogP contribution in [0.1, 0.15) is 29.9 Å². The molecular weight excluding hydrogens is 264 g/mol. The summed E-state index contributed by atoms with van der Waals surface area (Å²) in [7, 11) is 0. The van der Waals surface area contributed by atoms with Gasteiger partial charge in [0.2, 0.25) is 0 Å². The molecule has 2 rings (SSSR count). The first-order valence-electron chi connectivity index (χ1n) is 4.53. The highest BCUT2D eigenvalue weighted by Crippen LogP contribution is 2.43. The Bertz CT molecular complexity index is 374. The average Bonchev–Trinajstić information content (AvgIpc) is 2.90. The van der Waals surface area contributed by atoms with Crippen molar-refractivity contribution >= 4 is 27.0 Å². The van der Waals surface area contributed by atoms with E-state index in [1.165, 1.54) is 18.4 Å². The predicted octanol–water partition coefficient (Wildman–Crippen LogP) is 3.05. The molecule has 0 spiro atoms. The lowest BCUT2D eigenvalue weighted by atomic mass is 10.1. The third kappa shape index (κ3) is 2.24. The quantitative estimate of drug-likeness (QED) is 0.861. The molecular formula is C10H11BrO2S. The van der Waals surface area contributed by atoms with Crippen LogP contribution in [-0.2, 0) is 16.8 Å². The second-order valence-corrected chi connectivity index (χ2v) is 5.33. The van der Waals surface area contributed by atoms with Crippen molar-refractivity contribution in [3.05, 3.63) is 33.8 Å². The molecule has 0 heterocycles. The van der Waals surface area contributed by atoms with Gasteiger partial charge in [0.1, 0.15) is 0 Å². The van der Waals surface area contributed by atoms with Crippen molar-refractivity contribution in [1.29, 1.82) is 0 Å². The first-order valence-corrected chi connectivity index (χ1v) is 6.60. The van der Waals surface area contributed by atoms with E-state index in [-0.39, 0.29) is 5.75 Å². The molecule has 1 N–H and O–H groups in total. The highest BCUT2D eigenvalue weighted by molar-refractivity contribution is 9.10. The maximum atomic E-state index is 10.8. The summed E-state index contributed by atoms with van der Waals surface area (Å²) >= 11 is 1.67. The fourth-order valence-corrected chi connectivity index (χ4v) is 2.90. The Labute approximate surface area is 94.1 Å². The van der Waals surface area contributed by atoms with Crippen molar-refractivity contribution in [2.75, 3.05) is 0 Å². The van der Waals surface area contributed by atoms with Gasteiger partial charge in [-0.25, -0.2) is 4.21 Å². The largest absolute Gasteiger partial charge is 0.306 e. The second-order valence-electron chi connectivity index (χ2n) is 3.55. The van der Waals surface area contributed by atoms with Gasteiger partial charge in [0.15, 0.2) is 11.1 Å². The molecule has 4 heteroatoms. The van der Waals surface area contributed by atoms with Crippen molar-refractivity contribution in [3.63, 3.8) is 0 Å². The zero-order chi connectivity index (χ0) is 10.1. The molecule has 0 saturated heterocycles. The Balaban J connectivity index is 2.37. The first-order chi connectivity index (χ1) is 6.68. The van der Waals surface area contributed by atoms with Gasteiger partial charge in [-0.15, -0.1) is 0 Å². The van der Waals surface area contributed by atoms with Crippen molar-refractivity contribution in [1.82, 2.24) is 0 Å². The van der Waals surface area contributed by atoms with Crippen LogP contribution in [0.25, 0.3) is 0 Å². The van der Waals surface area contributed by atoms with E-state index in [1.807, 2.05) is 12.1 Å². The minimum atomic E-state index is -1.76. The summed E-state index contributed by atoms with van der Waals surface area (Å²) in [4.78, 5) is 0. The lowest BCUT2D eigenvalue weighted by Crippen LogP contribution is -1.98. The van der Waals surface area contributed by atoms with Crippen LogP contribution in [0.4, 0.5) is 0 Å². The van der Waals surface area contributed by atoms with Gasteiger partial charge in [-0.3, -0.25) is 0 Å². The van der Waals surface area contributed by atoms with Gasteiger partial charge < -0.3 is 4.55 Å².